The summed E-state index contributed by atoms with van der Waals surface area (Å²) in [6.07, 6.45) is 1.51. The number of carbonyl (C=O) groups is 1. The van der Waals surface area contributed by atoms with Gasteiger partial charge in [-0.1, -0.05) is 34.8 Å². The van der Waals surface area contributed by atoms with E-state index >= 15 is 0 Å². The lowest BCUT2D eigenvalue weighted by molar-refractivity contribution is -0.130. The summed E-state index contributed by atoms with van der Waals surface area (Å²) >= 11 is 23.5. The Balaban J connectivity index is 2.07. The van der Waals surface area contributed by atoms with E-state index in [1.807, 2.05) is 6.92 Å². The molecule has 2 aromatic carbocycles. The Kier molecular flexibility index (Phi) is 9.64. The van der Waals surface area contributed by atoms with Crippen LogP contribution in [0.4, 0.5) is 5.69 Å². The Morgan fingerprint density at radius 3 is 2.55 bits per heavy atom. The quantitative estimate of drug-likeness (QED) is 0.305. The van der Waals surface area contributed by atoms with Gasteiger partial charge >= 0.3 is 0 Å². The summed E-state index contributed by atoms with van der Waals surface area (Å²) in [4.78, 5) is 13.2. The van der Waals surface area contributed by atoms with Gasteiger partial charge in [0.05, 0.1) is 28.6 Å². The van der Waals surface area contributed by atoms with Crippen molar-refractivity contribution in [3.05, 3.63) is 51.0 Å². The van der Waals surface area contributed by atoms with Crippen molar-refractivity contribution < 1.29 is 14.3 Å². The van der Waals surface area contributed by atoms with Gasteiger partial charge in [0.15, 0.2) is 23.2 Å². The average molecular weight is 504 g/mol. The van der Waals surface area contributed by atoms with E-state index in [1.165, 1.54) is 11.1 Å². The summed E-state index contributed by atoms with van der Waals surface area (Å²) in [7, 11) is 3.28. The van der Waals surface area contributed by atoms with Gasteiger partial charge in [0.25, 0.3) is 5.91 Å². The van der Waals surface area contributed by atoms with E-state index < -0.39 is 0 Å². The number of nitrogens with zero attached hydrogens (tertiary/aromatic N) is 2. The number of rotatable bonds is 8. The summed E-state index contributed by atoms with van der Waals surface area (Å²) in [5, 5.41) is 8.48. The average Bonchev–Trinajstić information content (AvgIpc) is 2.69. The minimum absolute atomic E-state index is 0.158. The Morgan fingerprint density at radius 1 is 1.16 bits per heavy atom. The van der Waals surface area contributed by atoms with E-state index in [9.17, 15) is 4.79 Å². The highest BCUT2D eigenvalue weighted by Crippen LogP contribution is 2.36. The van der Waals surface area contributed by atoms with E-state index in [2.05, 4.69) is 15.8 Å². The molecule has 31 heavy (non-hydrogen) atoms. The molecule has 0 saturated carbocycles. The van der Waals surface area contributed by atoms with Crippen LogP contribution in [-0.4, -0.2) is 49.4 Å². The number of hydrogen-bond acceptors (Lipinski definition) is 5. The number of carbonyl (C=O) groups excluding carboxylic acids is 1. The fourth-order valence-electron chi connectivity index (χ4n) is 2.24. The fourth-order valence-corrected chi connectivity index (χ4v) is 3.13. The van der Waals surface area contributed by atoms with E-state index in [0.717, 1.165) is 0 Å². The van der Waals surface area contributed by atoms with Gasteiger partial charge < -0.3 is 19.7 Å². The van der Waals surface area contributed by atoms with Crippen LogP contribution in [0.1, 0.15) is 12.5 Å². The van der Waals surface area contributed by atoms with Crippen LogP contribution in [0.2, 0.25) is 15.1 Å². The van der Waals surface area contributed by atoms with Crippen molar-refractivity contribution in [2.75, 3.05) is 32.6 Å². The number of likely N-dealkylation sites (N-methyl/N-ethyl adjacent to an activating group) is 1. The van der Waals surface area contributed by atoms with Gasteiger partial charge in [-0.25, -0.2) is 0 Å². The molecule has 0 bridgehead atoms. The van der Waals surface area contributed by atoms with Crippen LogP contribution in [0.5, 0.6) is 11.5 Å². The van der Waals surface area contributed by atoms with Crippen LogP contribution in [-0.2, 0) is 4.79 Å². The molecule has 7 nitrogen and oxygen atoms in total. The molecular formula is C20H21Cl3N4O3S. The molecule has 2 aromatic rings. The van der Waals surface area contributed by atoms with E-state index in [0.29, 0.717) is 39.4 Å². The lowest BCUT2D eigenvalue weighted by Gasteiger charge is -2.16. The second kappa shape index (κ2) is 12.0. The largest absolute Gasteiger partial charge is 0.490 e. The monoisotopic (exact) mass is 502 g/mol. The summed E-state index contributed by atoms with van der Waals surface area (Å²) < 4.78 is 11.2. The van der Waals surface area contributed by atoms with E-state index in [4.69, 9.17) is 56.5 Å². The van der Waals surface area contributed by atoms with Gasteiger partial charge in [-0.3, -0.25) is 10.2 Å². The third-order valence-electron chi connectivity index (χ3n) is 3.73. The number of hydrogen-bond donors (Lipinski definition) is 2. The second-order valence-corrected chi connectivity index (χ2v) is 7.95. The van der Waals surface area contributed by atoms with Crippen molar-refractivity contribution in [2.45, 2.75) is 6.92 Å². The van der Waals surface area contributed by atoms with Crippen LogP contribution in [0.25, 0.3) is 0 Å². The zero-order valence-electron chi connectivity index (χ0n) is 17.0. The molecule has 2 rings (SSSR count). The highest BCUT2D eigenvalue weighted by atomic mass is 35.5. The number of ether oxygens (including phenoxy) is 2. The van der Waals surface area contributed by atoms with Crippen molar-refractivity contribution >= 4 is 69.9 Å². The maximum absolute atomic E-state index is 11.8. The first-order valence-corrected chi connectivity index (χ1v) is 10.6. The molecule has 0 aromatic heterocycles. The number of halogens is 3. The van der Waals surface area contributed by atoms with Crippen molar-refractivity contribution in [2.24, 2.45) is 5.10 Å². The molecule has 0 aliphatic heterocycles. The van der Waals surface area contributed by atoms with Gasteiger partial charge in [0.2, 0.25) is 0 Å². The topological polar surface area (TPSA) is 75.2 Å². The first-order chi connectivity index (χ1) is 14.7. The molecule has 0 heterocycles. The van der Waals surface area contributed by atoms with Gasteiger partial charge in [-0.15, -0.1) is 0 Å². The third-order valence-corrected chi connectivity index (χ3v) is 4.75. The summed E-state index contributed by atoms with van der Waals surface area (Å²) in [6.45, 7) is 2.06. The number of hydrazone groups is 1. The molecule has 0 saturated heterocycles. The molecule has 0 fully saturated rings. The summed E-state index contributed by atoms with van der Waals surface area (Å²) in [5.74, 6) is 0.491. The smallest absolute Gasteiger partial charge is 0.259 e. The molecular weight excluding hydrogens is 483 g/mol. The number of anilines is 1. The van der Waals surface area contributed by atoms with Crippen molar-refractivity contribution in [3.8, 4) is 11.5 Å². The molecule has 0 atom stereocenters. The molecule has 11 heteroatoms. The molecule has 0 aliphatic rings. The van der Waals surface area contributed by atoms with Crippen molar-refractivity contribution in [3.63, 3.8) is 0 Å². The lowest BCUT2D eigenvalue weighted by Crippen LogP contribution is -2.27. The van der Waals surface area contributed by atoms with Gasteiger partial charge in [-0.2, -0.15) is 5.10 Å². The molecule has 1 amide bonds. The lowest BCUT2D eigenvalue weighted by atomic mass is 10.2. The zero-order chi connectivity index (χ0) is 23.0. The number of benzene rings is 2. The van der Waals surface area contributed by atoms with Gasteiger partial charge in [0, 0.05) is 19.1 Å². The van der Waals surface area contributed by atoms with Crippen LogP contribution in [0, 0.1) is 0 Å². The Hall–Kier alpha value is -2.26. The molecule has 2 N–H and O–H groups in total. The predicted molar refractivity (Wildman–Crippen MR) is 130 cm³/mol. The normalized spacial score (nSPS) is 10.6. The van der Waals surface area contributed by atoms with Crippen LogP contribution in [0.15, 0.2) is 35.4 Å². The zero-order valence-corrected chi connectivity index (χ0v) is 20.1. The summed E-state index contributed by atoms with van der Waals surface area (Å²) in [6, 6.07) is 8.33. The fraction of sp³-hybridized carbons (Fsp3) is 0.250. The molecule has 166 valence electrons. The number of amides is 1. The van der Waals surface area contributed by atoms with Gasteiger partial charge in [-0.05, 0) is 55.0 Å². The first kappa shape index (κ1) is 25.0. The van der Waals surface area contributed by atoms with Crippen molar-refractivity contribution in [1.82, 2.24) is 10.3 Å². The molecule has 0 aliphatic carbocycles. The molecule has 0 radical (unpaired) electrons. The highest BCUT2D eigenvalue weighted by molar-refractivity contribution is 7.80. The molecule has 0 spiro atoms. The Labute approximate surface area is 201 Å². The maximum atomic E-state index is 11.8. The van der Waals surface area contributed by atoms with Crippen LogP contribution >= 0.6 is 47.0 Å². The minimum Gasteiger partial charge on any atom is -0.490 e. The second-order valence-electron chi connectivity index (χ2n) is 6.29. The first-order valence-electron chi connectivity index (χ1n) is 9.05. The van der Waals surface area contributed by atoms with Crippen molar-refractivity contribution in [1.29, 1.82) is 0 Å². The third kappa shape index (κ3) is 7.74. The minimum atomic E-state index is -0.199. The Morgan fingerprint density at radius 2 is 1.90 bits per heavy atom. The van der Waals surface area contributed by atoms with Gasteiger partial charge in [0.1, 0.15) is 0 Å². The standard InChI is InChI=1S/C20H21Cl3N4O3S/c1-4-29-17-8-12(7-15(23)19(17)30-11-18(28)27(2)3)10-24-26-20(31)25-16-6-5-13(21)9-14(16)22/h5-10H,4,11H2,1-3H3,(H2,25,26,31)/b24-10+. The van der Waals surface area contributed by atoms with Crippen LogP contribution in [0.3, 0.4) is 0 Å². The Bertz CT molecular complexity index is 986. The maximum Gasteiger partial charge on any atom is 0.259 e. The predicted octanol–water partition coefficient (Wildman–Crippen LogP) is 4.83. The summed E-state index contributed by atoms with van der Waals surface area (Å²) in [5.41, 5.74) is 3.92. The SMILES string of the molecule is CCOc1cc(/C=N/NC(=S)Nc2ccc(Cl)cc2Cl)cc(Cl)c1OCC(=O)N(C)C. The van der Waals surface area contributed by atoms with E-state index in [-0.39, 0.29) is 22.6 Å². The van der Waals surface area contributed by atoms with Crippen LogP contribution < -0.4 is 20.2 Å². The van der Waals surface area contributed by atoms with E-state index in [1.54, 1.807) is 44.4 Å². The highest BCUT2D eigenvalue weighted by Gasteiger charge is 2.14. The number of thiocarbonyl (C=S) groups is 1. The number of nitrogens with one attached hydrogen (secondary N) is 2. The molecule has 0 unspecified atom stereocenters.